The van der Waals surface area contributed by atoms with E-state index in [1.165, 1.54) is 6.42 Å². The van der Waals surface area contributed by atoms with E-state index in [1.807, 2.05) is 7.05 Å². The molecule has 0 fully saturated rings. The molecule has 13 heavy (non-hydrogen) atoms. The van der Waals surface area contributed by atoms with Crippen LogP contribution < -0.4 is 5.32 Å². The van der Waals surface area contributed by atoms with Crippen LogP contribution in [-0.2, 0) is 0 Å². The highest BCUT2D eigenvalue weighted by molar-refractivity contribution is 5.38. The van der Waals surface area contributed by atoms with E-state index in [2.05, 4.69) is 36.5 Å². The third-order valence-electron chi connectivity index (χ3n) is 3.06. The van der Waals surface area contributed by atoms with Crippen LogP contribution in [0.4, 0.5) is 0 Å². The van der Waals surface area contributed by atoms with Gasteiger partial charge in [-0.05, 0) is 36.4 Å². The molecule has 0 amide bonds. The maximum atomic E-state index is 3.27. The molecule has 0 aromatic heterocycles. The van der Waals surface area contributed by atoms with Crippen molar-refractivity contribution in [1.82, 2.24) is 5.32 Å². The third kappa shape index (κ3) is 1.49. The minimum Gasteiger partial charge on any atom is -0.319 e. The van der Waals surface area contributed by atoms with Crippen molar-refractivity contribution in [3.8, 4) is 0 Å². The molecule has 0 bridgehead atoms. The average molecular weight is 175 g/mol. The van der Waals surface area contributed by atoms with Gasteiger partial charge in [-0.2, -0.15) is 0 Å². The van der Waals surface area contributed by atoms with E-state index in [0.29, 0.717) is 0 Å². The van der Waals surface area contributed by atoms with E-state index >= 15 is 0 Å². The molecule has 1 nitrogen and oxygen atoms in total. The van der Waals surface area contributed by atoms with Crippen LogP contribution >= 0.6 is 0 Å². The number of hydrogen-bond donors (Lipinski definition) is 1. The number of rotatable bonds is 2. The number of fused-ring (bicyclic) bond motifs is 1. The molecule has 2 unspecified atom stereocenters. The zero-order valence-corrected chi connectivity index (χ0v) is 8.38. The number of benzene rings is 1. The first-order chi connectivity index (χ1) is 6.33. The Labute approximate surface area is 80.2 Å². The Hall–Kier alpha value is -0.820. The maximum Gasteiger partial charge on any atom is 0.00174 e. The molecule has 70 valence electrons. The van der Waals surface area contributed by atoms with Crippen molar-refractivity contribution in [3.05, 3.63) is 35.4 Å². The molecule has 0 saturated heterocycles. The maximum absolute atomic E-state index is 3.27. The highest BCUT2D eigenvalue weighted by Gasteiger charge is 2.26. The molecule has 1 aromatic carbocycles. The minimum absolute atomic E-state index is 0.733. The molecule has 0 heterocycles. The second kappa shape index (κ2) is 3.51. The Morgan fingerprint density at radius 3 is 2.69 bits per heavy atom. The van der Waals surface area contributed by atoms with Gasteiger partial charge in [0.25, 0.3) is 0 Å². The normalized spacial score (nSPS) is 26.0. The van der Waals surface area contributed by atoms with Gasteiger partial charge in [-0.1, -0.05) is 31.2 Å². The van der Waals surface area contributed by atoms with Crippen LogP contribution in [0.15, 0.2) is 24.3 Å². The van der Waals surface area contributed by atoms with E-state index in [9.17, 15) is 0 Å². The summed E-state index contributed by atoms with van der Waals surface area (Å²) in [7, 11) is 2.03. The van der Waals surface area contributed by atoms with E-state index in [0.717, 1.165) is 18.4 Å². The zero-order valence-electron chi connectivity index (χ0n) is 8.38. The summed E-state index contributed by atoms with van der Waals surface area (Å²) >= 11 is 0. The Morgan fingerprint density at radius 1 is 1.31 bits per heavy atom. The molecular weight excluding hydrogens is 158 g/mol. The summed E-state index contributed by atoms with van der Waals surface area (Å²) in [6.45, 7) is 3.44. The summed E-state index contributed by atoms with van der Waals surface area (Å²) < 4.78 is 0. The topological polar surface area (TPSA) is 12.0 Å². The number of likely N-dealkylation sites (N-methyl/N-ethyl adjacent to an activating group) is 1. The first kappa shape index (κ1) is 8.76. The van der Waals surface area contributed by atoms with Crippen LogP contribution in [0, 0.1) is 0 Å². The molecule has 0 spiro atoms. The lowest BCUT2D eigenvalue weighted by atomic mass is 10.0. The standard InChI is InChI=1S/C12H17N/c1-9-7-10(8-13-2)12-6-4-3-5-11(9)12/h3-6,9-10,13H,7-8H2,1-2H3. The molecule has 1 N–H and O–H groups in total. The summed E-state index contributed by atoms with van der Waals surface area (Å²) in [6.07, 6.45) is 1.31. The van der Waals surface area contributed by atoms with Gasteiger partial charge in [-0.25, -0.2) is 0 Å². The van der Waals surface area contributed by atoms with Crippen molar-refractivity contribution < 1.29 is 0 Å². The van der Waals surface area contributed by atoms with E-state index in [-0.39, 0.29) is 0 Å². The van der Waals surface area contributed by atoms with Gasteiger partial charge in [0, 0.05) is 6.54 Å². The Balaban J connectivity index is 2.30. The van der Waals surface area contributed by atoms with E-state index in [1.54, 1.807) is 11.1 Å². The summed E-state index contributed by atoms with van der Waals surface area (Å²) in [4.78, 5) is 0. The Bertz CT molecular complexity index is 293. The molecule has 1 heteroatoms. The smallest absolute Gasteiger partial charge is 0.00174 e. The van der Waals surface area contributed by atoms with Gasteiger partial charge in [-0.3, -0.25) is 0 Å². The van der Waals surface area contributed by atoms with Gasteiger partial charge >= 0.3 is 0 Å². The predicted octanol–water partition coefficient (Wildman–Crippen LogP) is 2.50. The van der Waals surface area contributed by atoms with Crippen molar-refractivity contribution >= 4 is 0 Å². The van der Waals surface area contributed by atoms with Crippen LogP contribution in [0.2, 0.25) is 0 Å². The van der Waals surface area contributed by atoms with Crippen molar-refractivity contribution in [1.29, 1.82) is 0 Å². The largest absolute Gasteiger partial charge is 0.319 e. The molecule has 1 aliphatic carbocycles. The fourth-order valence-electron chi connectivity index (χ4n) is 2.45. The molecule has 0 radical (unpaired) electrons. The first-order valence-electron chi connectivity index (χ1n) is 5.06. The van der Waals surface area contributed by atoms with Gasteiger partial charge in [0.2, 0.25) is 0 Å². The summed E-state index contributed by atoms with van der Waals surface area (Å²) in [5, 5.41) is 3.27. The van der Waals surface area contributed by atoms with Crippen LogP contribution in [0.25, 0.3) is 0 Å². The summed E-state index contributed by atoms with van der Waals surface area (Å²) in [5.74, 6) is 1.48. The van der Waals surface area contributed by atoms with Gasteiger partial charge in [0.1, 0.15) is 0 Å². The average Bonchev–Trinajstić information content (AvgIpc) is 2.46. The quantitative estimate of drug-likeness (QED) is 0.728. The summed E-state index contributed by atoms with van der Waals surface area (Å²) in [5.41, 5.74) is 3.12. The lowest BCUT2D eigenvalue weighted by Crippen LogP contribution is -2.15. The van der Waals surface area contributed by atoms with Crippen molar-refractivity contribution in [3.63, 3.8) is 0 Å². The fourth-order valence-corrected chi connectivity index (χ4v) is 2.45. The van der Waals surface area contributed by atoms with Crippen LogP contribution in [0.5, 0.6) is 0 Å². The highest BCUT2D eigenvalue weighted by Crippen LogP contribution is 2.40. The second-order valence-electron chi connectivity index (χ2n) is 4.02. The van der Waals surface area contributed by atoms with Crippen LogP contribution in [-0.4, -0.2) is 13.6 Å². The van der Waals surface area contributed by atoms with E-state index < -0.39 is 0 Å². The molecular formula is C12H17N. The number of hydrogen-bond acceptors (Lipinski definition) is 1. The predicted molar refractivity (Wildman–Crippen MR) is 56.1 cm³/mol. The molecule has 1 aromatic rings. The van der Waals surface area contributed by atoms with Gasteiger partial charge < -0.3 is 5.32 Å². The van der Waals surface area contributed by atoms with Gasteiger partial charge in [0.15, 0.2) is 0 Å². The van der Waals surface area contributed by atoms with Crippen molar-refractivity contribution in [2.45, 2.75) is 25.2 Å². The number of nitrogens with one attached hydrogen (secondary N) is 1. The van der Waals surface area contributed by atoms with Gasteiger partial charge in [0.05, 0.1) is 0 Å². The third-order valence-corrected chi connectivity index (χ3v) is 3.06. The SMILES string of the molecule is CNCC1CC(C)c2ccccc21. The minimum atomic E-state index is 0.733. The van der Waals surface area contributed by atoms with Gasteiger partial charge in [-0.15, -0.1) is 0 Å². The van der Waals surface area contributed by atoms with Crippen molar-refractivity contribution in [2.24, 2.45) is 0 Å². The lowest BCUT2D eigenvalue weighted by molar-refractivity contribution is 0.584. The second-order valence-corrected chi connectivity index (χ2v) is 4.02. The fraction of sp³-hybridized carbons (Fsp3) is 0.500. The molecule has 2 rings (SSSR count). The molecule has 2 atom stereocenters. The van der Waals surface area contributed by atoms with E-state index in [4.69, 9.17) is 0 Å². The Kier molecular flexibility index (Phi) is 2.36. The van der Waals surface area contributed by atoms with Crippen LogP contribution in [0.1, 0.15) is 36.3 Å². The first-order valence-corrected chi connectivity index (χ1v) is 5.06. The highest BCUT2D eigenvalue weighted by atomic mass is 14.8. The van der Waals surface area contributed by atoms with Crippen LogP contribution in [0.3, 0.4) is 0 Å². The lowest BCUT2D eigenvalue weighted by Gasteiger charge is -2.09. The molecule has 0 saturated carbocycles. The molecule has 1 aliphatic rings. The zero-order chi connectivity index (χ0) is 9.26. The van der Waals surface area contributed by atoms with Crippen molar-refractivity contribution in [2.75, 3.05) is 13.6 Å². The summed E-state index contributed by atoms with van der Waals surface area (Å²) in [6, 6.07) is 8.85. The molecule has 0 aliphatic heterocycles. The Morgan fingerprint density at radius 2 is 2.00 bits per heavy atom. The monoisotopic (exact) mass is 175 g/mol.